The summed E-state index contributed by atoms with van der Waals surface area (Å²) in [7, 11) is 0. The number of ether oxygens (including phenoxy) is 1. The van der Waals surface area contributed by atoms with E-state index in [1.54, 1.807) is 11.1 Å². The molecule has 2 aliphatic heterocycles. The molecule has 0 aliphatic carbocycles. The van der Waals surface area contributed by atoms with Crippen LogP contribution >= 0.6 is 11.8 Å². The van der Waals surface area contributed by atoms with Gasteiger partial charge in [-0.05, 0) is 22.9 Å². The molecule has 4 heterocycles. The Morgan fingerprint density at radius 2 is 1.77 bits per heavy atom. The van der Waals surface area contributed by atoms with E-state index in [0.717, 1.165) is 21.2 Å². The molecule has 0 spiro atoms. The van der Waals surface area contributed by atoms with Gasteiger partial charge >= 0.3 is 0 Å². The molecule has 5 aromatic rings. The number of hydrogen-bond acceptors (Lipinski definition) is 9. The lowest BCUT2D eigenvalue weighted by Gasteiger charge is -2.43. The molecule has 2 aromatic heterocycles. The van der Waals surface area contributed by atoms with Gasteiger partial charge in [0.2, 0.25) is 5.78 Å². The van der Waals surface area contributed by atoms with Crippen LogP contribution in [0.1, 0.15) is 5.56 Å². The Kier molecular flexibility index (Phi) is 5.65. The second-order valence-electron chi connectivity index (χ2n) is 9.62. The van der Waals surface area contributed by atoms with E-state index in [1.807, 2.05) is 66.7 Å². The molecular formula is C28H25N5O5S. The topological polar surface area (TPSA) is 135 Å². The quantitative estimate of drug-likeness (QED) is 0.227. The number of fused-ring (bicyclic) bond motifs is 3. The predicted octanol–water partition coefficient (Wildman–Crippen LogP) is 2.45. The van der Waals surface area contributed by atoms with Gasteiger partial charge in [-0.25, -0.2) is 4.98 Å². The van der Waals surface area contributed by atoms with Crippen LogP contribution in [-0.2, 0) is 9.73 Å². The smallest absolute Gasteiger partial charge is 0.284 e. The van der Waals surface area contributed by atoms with Crippen LogP contribution < -0.4 is 15.8 Å². The van der Waals surface area contributed by atoms with Crippen LogP contribution in [0.2, 0.25) is 0 Å². The molecule has 0 amide bonds. The van der Waals surface area contributed by atoms with Crippen LogP contribution in [0.5, 0.6) is 0 Å². The maximum Gasteiger partial charge on any atom is 0.284 e. The molecule has 1 saturated heterocycles. The highest BCUT2D eigenvalue weighted by Crippen LogP contribution is 2.54. The molecule has 1 unspecified atom stereocenters. The number of anilines is 2. The highest BCUT2D eigenvalue weighted by Gasteiger charge is 2.57. The zero-order valence-electron chi connectivity index (χ0n) is 20.5. The number of aliphatic hydroxyl groups is 3. The van der Waals surface area contributed by atoms with E-state index >= 15 is 0 Å². The molecule has 0 radical (unpaired) electrons. The van der Waals surface area contributed by atoms with Gasteiger partial charge in [0.25, 0.3) is 5.56 Å². The van der Waals surface area contributed by atoms with Gasteiger partial charge in [0.05, 0.1) is 6.61 Å². The van der Waals surface area contributed by atoms with Gasteiger partial charge in [0.1, 0.15) is 29.8 Å². The lowest BCUT2D eigenvalue weighted by molar-refractivity contribution is -0.0248. The third-order valence-corrected chi connectivity index (χ3v) is 8.66. The third-order valence-electron chi connectivity index (χ3n) is 7.34. The van der Waals surface area contributed by atoms with Crippen LogP contribution in [0.25, 0.3) is 16.6 Å². The predicted molar refractivity (Wildman–Crippen MR) is 148 cm³/mol. The zero-order chi connectivity index (χ0) is 26.7. The van der Waals surface area contributed by atoms with Gasteiger partial charge in [-0.3, -0.25) is 14.1 Å². The van der Waals surface area contributed by atoms with Crippen LogP contribution in [0, 0.1) is 0 Å². The lowest BCUT2D eigenvalue weighted by atomic mass is 10.1. The number of thioether (sulfide) groups is 1. The Labute approximate surface area is 226 Å². The average Bonchev–Trinajstić information content (AvgIpc) is 3.65. The number of aromatic amines is 1. The number of rotatable bonds is 5. The molecule has 198 valence electrons. The van der Waals surface area contributed by atoms with E-state index in [2.05, 4.69) is 21.4 Å². The fourth-order valence-electron chi connectivity index (χ4n) is 5.44. The first kappa shape index (κ1) is 24.2. The summed E-state index contributed by atoms with van der Waals surface area (Å²) in [5.41, 5.74) is 0.711. The van der Waals surface area contributed by atoms with E-state index < -0.39 is 36.1 Å². The number of benzene rings is 3. The Balaban J connectivity index is 1.47. The number of imidazole rings is 1. The normalized spacial score (nSPS) is 26.3. The van der Waals surface area contributed by atoms with Crippen molar-refractivity contribution in [2.24, 2.45) is 0 Å². The summed E-state index contributed by atoms with van der Waals surface area (Å²) in [5.74, 6) is 0.669. The lowest BCUT2D eigenvalue weighted by Crippen LogP contribution is -2.55. The van der Waals surface area contributed by atoms with Gasteiger partial charge in [0, 0.05) is 22.9 Å². The van der Waals surface area contributed by atoms with E-state index in [0.29, 0.717) is 11.6 Å². The third kappa shape index (κ3) is 3.66. The molecule has 39 heavy (non-hydrogen) atoms. The van der Waals surface area contributed by atoms with Gasteiger partial charge in [-0.1, -0.05) is 72.4 Å². The molecule has 5 N–H and O–H groups in total. The molecule has 0 bridgehead atoms. The Hall–Kier alpha value is -3.87. The second-order valence-corrected chi connectivity index (χ2v) is 10.9. The fraction of sp³-hybridized carbons (Fsp3) is 0.214. The van der Waals surface area contributed by atoms with E-state index in [9.17, 15) is 20.1 Å². The molecular weight excluding hydrogens is 518 g/mol. The Morgan fingerprint density at radius 3 is 2.54 bits per heavy atom. The molecule has 10 nitrogen and oxygen atoms in total. The Bertz CT molecular complexity index is 1740. The Morgan fingerprint density at radius 1 is 1.00 bits per heavy atom. The fourth-order valence-corrected chi connectivity index (χ4v) is 6.80. The molecule has 7 rings (SSSR count). The SMILES string of the molecule is O=c1c2c([nH]c3nccn13)N([C@@H]1O[C@H](CO)[C@@H](O)[C@H]1O)C(Sc1ccc3ccccc3c1)(c1ccccc1)N2. The largest absolute Gasteiger partial charge is 0.394 e. The van der Waals surface area contributed by atoms with Gasteiger partial charge in [-0.2, -0.15) is 0 Å². The van der Waals surface area contributed by atoms with Crippen molar-refractivity contribution in [1.82, 2.24) is 14.4 Å². The van der Waals surface area contributed by atoms with Crippen LogP contribution in [0.3, 0.4) is 0 Å². The number of nitrogens with one attached hydrogen (secondary N) is 2. The van der Waals surface area contributed by atoms with Crippen molar-refractivity contribution in [2.45, 2.75) is 34.4 Å². The number of aliphatic hydroxyl groups excluding tert-OH is 3. The highest BCUT2D eigenvalue weighted by atomic mass is 32.2. The first-order chi connectivity index (χ1) is 19.0. The molecule has 2 aliphatic rings. The summed E-state index contributed by atoms with van der Waals surface area (Å²) in [4.78, 5) is 22.6. The molecule has 3 aromatic carbocycles. The molecule has 0 saturated carbocycles. The van der Waals surface area contributed by atoms with E-state index in [4.69, 9.17) is 4.74 Å². The van der Waals surface area contributed by atoms with Crippen LogP contribution in [0.4, 0.5) is 11.5 Å². The first-order valence-electron chi connectivity index (χ1n) is 12.5. The first-order valence-corrected chi connectivity index (χ1v) is 13.3. The number of H-pyrrole nitrogens is 1. The number of hydrogen-bond donors (Lipinski definition) is 5. The summed E-state index contributed by atoms with van der Waals surface area (Å²) in [5, 5.41) is 37.4. The van der Waals surface area contributed by atoms with Crippen molar-refractivity contribution in [3.8, 4) is 0 Å². The summed E-state index contributed by atoms with van der Waals surface area (Å²) < 4.78 is 7.47. The van der Waals surface area contributed by atoms with Gasteiger partial charge in [0.15, 0.2) is 11.2 Å². The van der Waals surface area contributed by atoms with Crippen LogP contribution in [0.15, 0.2) is 94.9 Å². The number of nitrogens with zero attached hydrogens (tertiary/aromatic N) is 3. The molecule has 11 heteroatoms. The van der Waals surface area contributed by atoms with Crippen molar-refractivity contribution >= 4 is 39.8 Å². The maximum absolute atomic E-state index is 13.7. The summed E-state index contributed by atoms with van der Waals surface area (Å²) in [6.45, 7) is -0.477. The van der Waals surface area contributed by atoms with Gasteiger partial charge in [-0.15, -0.1) is 0 Å². The van der Waals surface area contributed by atoms with Gasteiger partial charge < -0.3 is 30.4 Å². The summed E-state index contributed by atoms with van der Waals surface area (Å²) in [6.07, 6.45) is -1.73. The summed E-state index contributed by atoms with van der Waals surface area (Å²) in [6, 6.07) is 23.7. The van der Waals surface area contributed by atoms with Crippen LogP contribution in [-0.4, -0.2) is 60.8 Å². The van der Waals surface area contributed by atoms with Crippen molar-refractivity contribution in [3.63, 3.8) is 0 Å². The average molecular weight is 544 g/mol. The minimum absolute atomic E-state index is 0.260. The van der Waals surface area contributed by atoms with E-state index in [-0.39, 0.29) is 11.2 Å². The molecule has 1 fully saturated rings. The number of aromatic nitrogens is 3. The monoisotopic (exact) mass is 543 g/mol. The van der Waals surface area contributed by atoms with Crippen molar-refractivity contribution < 1.29 is 20.1 Å². The standard InChI is InChI=1S/C28H25N5O5S/c34-15-20-22(35)23(36)26(38-20)33-24-21(25(37)32-13-12-29-27(32)30-24)31-28(33,18-8-2-1-3-9-18)39-19-11-10-16-6-4-5-7-17(16)14-19/h1-14,20,22-23,26,31,34-36H,15H2,(H,29,30)/t20-,22-,23-,26-,28?/m1/s1. The zero-order valence-corrected chi connectivity index (χ0v) is 21.3. The summed E-state index contributed by atoms with van der Waals surface area (Å²) >= 11 is 1.44. The van der Waals surface area contributed by atoms with Crippen molar-refractivity contribution in [3.05, 3.63) is 101 Å². The van der Waals surface area contributed by atoms with Crippen molar-refractivity contribution in [1.29, 1.82) is 0 Å². The minimum atomic E-state index is -1.38. The highest BCUT2D eigenvalue weighted by molar-refractivity contribution is 8.00. The van der Waals surface area contributed by atoms with Crippen molar-refractivity contribution in [2.75, 3.05) is 16.8 Å². The minimum Gasteiger partial charge on any atom is -0.394 e. The van der Waals surface area contributed by atoms with E-state index in [1.165, 1.54) is 22.4 Å². The molecule has 5 atom stereocenters. The maximum atomic E-state index is 13.7. The second kappa shape index (κ2) is 9.11.